The second kappa shape index (κ2) is 12.5. The monoisotopic (exact) mass is 484 g/mol. The van der Waals surface area contributed by atoms with E-state index in [1.165, 1.54) is 0 Å². The lowest BCUT2D eigenvalue weighted by atomic mass is 9.82. The van der Waals surface area contributed by atoms with Crippen molar-refractivity contribution in [3.05, 3.63) is 53.9 Å². The van der Waals surface area contributed by atoms with Gasteiger partial charge in [-0.05, 0) is 83.1 Å². The standard InChI is InChI=1S/C27H36N2O6/c1-5-32-25(30)18-34-24-11-7-6-9-21(24)19-12-14-20(15-13-19)33-17-23-22(10-8-16-28-23)29-26(31)35-27(2,3)4/h6-11,16,19-20H,5,12-15,17-18H2,1-4H3,(H,29,31)/t19-,20+. The molecule has 8 nitrogen and oxygen atoms in total. The number of amides is 1. The average Bonchev–Trinajstić information content (AvgIpc) is 2.82. The molecule has 1 saturated carbocycles. The number of carbonyl (C=O) groups excluding carboxylic acids is 2. The second-order valence-electron chi connectivity index (χ2n) is 9.54. The van der Waals surface area contributed by atoms with Crippen molar-refractivity contribution in [1.29, 1.82) is 0 Å². The van der Waals surface area contributed by atoms with Crippen LogP contribution in [0.4, 0.5) is 10.5 Å². The molecule has 1 aromatic heterocycles. The molecule has 0 spiro atoms. The first-order valence-corrected chi connectivity index (χ1v) is 12.2. The summed E-state index contributed by atoms with van der Waals surface area (Å²) in [4.78, 5) is 28.2. The molecule has 0 atom stereocenters. The predicted molar refractivity (Wildman–Crippen MR) is 132 cm³/mol. The summed E-state index contributed by atoms with van der Waals surface area (Å²) in [6.07, 6.45) is 4.98. The Labute approximate surface area is 207 Å². The van der Waals surface area contributed by atoms with Gasteiger partial charge in [0.1, 0.15) is 11.4 Å². The normalized spacial score (nSPS) is 17.9. The van der Waals surface area contributed by atoms with Gasteiger partial charge in [-0.2, -0.15) is 0 Å². The van der Waals surface area contributed by atoms with Crippen LogP contribution in [0.2, 0.25) is 0 Å². The molecule has 0 bridgehead atoms. The van der Waals surface area contributed by atoms with Gasteiger partial charge in [-0.1, -0.05) is 18.2 Å². The maximum absolute atomic E-state index is 12.2. The van der Waals surface area contributed by atoms with Crippen LogP contribution in [-0.4, -0.2) is 42.0 Å². The summed E-state index contributed by atoms with van der Waals surface area (Å²) in [6, 6.07) is 11.4. The van der Waals surface area contributed by atoms with E-state index in [2.05, 4.69) is 16.4 Å². The molecule has 0 aliphatic heterocycles. The highest BCUT2D eigenvalue weighted by atomic mass is 16.6. The number of esters is 1. The number of anilines is 1. The molecule has 0 unspecified atom stereocenters. The van der Waals surface area contributed by atoms with Gasteiger partial charge in [0.25, 0.3) is 0 Å². The Hall–Kier alpha value is -3.13. The summed E-state index contributed by atoms with van der Waals surface area (Å²) in [5.74, 6) is 0.707. The molecule has 1 aliphatic carbocycles. The highest BCUT2D eigenvalue weighted by molar-refractivity contribution is 5.85. The molecule has 1 aliphatic rings. The number of hydrogen-bond donors (Lipinski definition) is 1. The number of nitrogens with zero attached hydrogens (tertiary/aromatic N) is 1. The Bertz CT molecular complexity index is 980. The van der Waals surface area contributed by atoms with Crippen molar-refractivity contribution in [1.82, 2.24) is 4.98 Å². The average molecular weight is 485 g/mol. The number of pyridine rings is 1. The summed E-state index contributed by atoms with van der Waals surface area (Å²) in [5, 5.41) is 2.77. The van der Waals surface area contributed by atoms with E-state index in [0.717, 1.165) is 37.0 Å². The van der Waals surface area contributed by atoms with Crippen molar-refractivity contribution < 1.29 is 28.5 Å². The summed E-state index contributed by atoms with van der Waals surface area (Å²) >= 11 is 0. The third-order valence-corrected chi connectivity index (χ3v) is 5.67. The van der Waals surface area contributed by atoms with Gasteiger partial charge in [0.05, 0.1) is 30.7 Å². The molecule has 8 heteroatoms. The van der Waals surface area contributed by atoms with Crippen molar-refractivity contribution >= 4 is 17.7 Å². The highest BCUT2D eigenvalue weighted by Gasteiger charge is 2.26. The van der Waals surface area contributed by atoms with Gasteiger partial charge in [-0.3, -0.25) is 10.3 Å². The van der Waals surface area contributed by atoms with Gasteiger partial charge in [0, 0.05) is 6.20 Å². The predicted octanol–water partition coefficient (Wildman–Crippen LogP) is 5.61. The van der Waals surface area contributed by atoms with E-state index in [-0.39, 0.29) is 18.7 Å². The van der Waals surface area contributed by atoms with Crippen LogP contribution in [0.15, 0.2) is 42.6 Å². The summed E-state index contributed by atoms with van der Waals surface area (Å²) in [7, 11) is 0. The van der Waals surface area contributed by atoms with Gasteiger partial charge >= 0.3 is 12.1 Å². The number of benzene rings is 1. The topological polar surface area (TPSA) is 96.0 Å². The molecular weight excluding hydrogens is 448 g/mol. The van der Waals surface area contributed by atoms with Crippen LogP contribution >= 0.6 is 0 Å². The Morgan fingerprint density at radius 1 is 1.06 bits per heavy atom. The minimum absolute atomic E-state index is 0.0902. The van der Waals surface area contributed by atoms with Crippen molar-refractivity contribution in [3.63, 3.8) is 0 Å². The van der Waals surface area contributed by atoms with Crippen molar-refractivity contribution in [2.75, 3.05) is 18.5 Å². The van der Waals surface area contributed by atoms with E-state index >= 15 is 0 Å². The highest BCUT2D eigenvalue weighted by Crippen LogP contribution is 2.38. The number of ether oxygens (including phenoxy) is 4. The van der Waals surface area contributed by atoms with E-state index in [9.17, 15) is 9.59 Å². The Kier molecular flexibility index (Phi) is 9.48. The lowest BCUT2D eigenvalue weighted by molar-refractivity contribution is -0.145. The van der Waals surface area contributed by atoms with Crippen LogP contribution in [0.5, 0.6) is 5.75 Å². The summed E-state index contributed by atoms with van der Waals surface area (Å²) < 4.78 is 22.2. The van der Waals surface area contributed by atoms with Crippen LogP contribution in [0, 0.1) is 0 Å². The molecular formula is C27H36N2O6. The van der Waals surface area contributed by atoms with E-state index in [1.807, 2.05) is 39.0 Å². The quantitative estimate of drug-likeness (QED) is 0.462. The molecule has 0 radical (unpaired) electrons. The van der Waals surface area contributed by atoms with Crippen molar-refractivity contribution in [2.45, 2.75) is 77.6 Å². The number of carbonyl (C=O) groups is 2. The molecule has 190 valence electrons. The second-order valence-corrected chi connectivity index (χ2v) is 9.54. The van der Waals surface area contributed by atoms with Gasteiger partial charge in [0.2, 0.25) is 0 Å². The number of rotatable bonds is 9. The van der Waals surface area contributed by atoms with Gasteiger partial charge in [-0.25, -0.2) is 9.59 Å². The molecule has 1 aromatic carbocycles. The van der Waals surface area contributed by atoms with E-state index in [0.29, 0.717) is 30.5 Å². The van der Waals surface area contributed by atoms with Crippen molar-refractivity contribution in [2.24, 2.45) is 0 Å². The maximum atomic E-state index is 12.2. The zero-order valence-corrected chi connectivity index (χ0v) is 21.0. The number of para-hydroxylation sites is 1. The third-order valence-electron chi connectivity index (χ3n) is 5.67. The fraction of sp³-hybridized carbons (Fsp3) is 0.519. The van der Waals surface area contributed by atoms with Crippen molar-refractivity contribution in [3.8, 4) is 5.75 Å². The number of aromatic nitrogens is 1. The zero-order valence-electron chi connectivity index (χ0n) is 21.0. The number of nitrogens with one attached hydrogen (secondary N) is 1. The molecule has 0 saturated heterocycles. The molecule has 1 fully saturated rings. The minimum Gasteiger partial charge on any atom is -0.482 e. The molecule has 1 N–H and O–H groups in total. The van der Waals surface area contributed by atoms with E-state index < -0.39 is 11.7 Å². The van der Waals surface area contributed by atoms with Crippen LogP contribution < -0.4 is 10.1 Å². The van der Waals surface area contributed by atoms with Crippen LogP contribution in [0.25, 0.3) is 0 Å². The first-order valence-electron chi connectivity index (χ1n) is 12.2. The molecule has 2 aromatic rings. The van der Waals surface area contributed by atoms with Crippen LogP contribution in [-0.2, 0) is 25.6 Å². The molecule has 3 rings (SSSR count). The SMILES string of the molecule is CCOC(=O)COc1ccccc1[C@H]1CC[C@@H](OCc2ncccc2NC(=O)OC(C)(C)C)CC1. The van der Waals surface area contributed by atoms with Gasteiger partial charge < -0.3 is 18.9 Å². The fourth-order valence-corrected chi connectivity index (χ4v) is 4.11. The largest absolute Gasteiger partial charge is 0.482 e. The first-order chi connectivity index (χ1) is 16.7. The van der Waals surface area contributed by atoms with Crippen LogP contribution in [0.1, 0.15) is 70.6 Å². The molecule has 1 amide bonds. The smallest absolute Gasteiger partial charge is 0.412 e. The molecule has 1 heterocycles. The Morgan fingerprint density at radius 3 is 2.51 bits per heavy atom. The number of hydrogen-bond acceptors (Lipinski definition) is 7. The Morgan fingerprint density at radius 2 is 1.80 bits per heavy atom. The third kappa shape index (κ3) is 8.55. The summed E-state index contributed by atoms with van der Waals surface area (Å²) in [6.45, 7) is 7.79. The molecule has 35 heavy (non-hydrogen) atoms. The fourth-order valence-electron chi connectivity index (χ4n) is 4.11. The summed E-state index contributed by atoms with van der Waals surface area (Å²) in [5.41, 5.74) is 1.79. The van der Waals surface area contributed by atoms with Gasteiger partial charge in [0.15, 0.2) is 6.61 Å². The minimum atomic E-state index is -0.579. The Balaban J connectivity index is 1.52. The zero-order chi connectivity index (χ0) is 25.3. The van der Waals surface area contributed by atoms with E-state index in [4.69, 9.17) is 18.9 Å². The first kappa shape index (κ1) is 26.5. The van der Waals surface area contributed by atoms with Gasteiger partial charge in [-0.15, -0.1) is 0 Å². The van der Waals surface area contributed by atoms with E-state index in [1.54, 1.807) is 25.3 Å². The van der Waals surface area contributed by atoms with Crippen LogP contribution in [0.3, 0.4) is 0 Å². The maximum Gasteiger partial charge on any atom is 0.412 e. The lowest BCUT2D eigenvalue weighted by Gasteiger charge is -2.30. The lowest BCUT2D eigenvalue weighted by Crippen LogP contribution is -2.27.